The van der Waals surface area contributed by atoms with Crippen LogP contribution in [0.2, 0.25) is 0 Å². The number of piperidine rings is 1. The van der Waals surface area contributed by atoms with E-state index in [-0.39, 0.29) is 13.9 Å². The first-order valence-corrected chi connectivity index (χ1v) is 9.92. The minimum Gasteiger partial charge on any atom is -0.488 e. The molecule has 122 valence electrons. The second-order valence-electron chi connectivity index (χ2n) is 7.93. The van der Waals surface area contributed by atoms with Crippen molar-refractivity contribution in [3.05, 3.63) is 23.3 Å². The molecule has 1 aromatic rings. The van der Waals surface area contributed by atoms with Gasteiger partial charge in [0.15, 0.2) is 8.46 Å². The smallest absolute Gasteiger partial charge is 0.196 e. The number of benzene rings is 1. The fourth-order valence-corrected chi connectivity index (χ4v) is 6.74. The van der Waals surface area contributed by atoms with E-state index in [1.807, 2.05) is 6.07 Å². The van der Waals surface area contributed by atoms with Gasteiger partial charge < -0.3 is 4.74 Å². The molecule has 23 heavy (non-hydrogen) atoms. The van der Waals surface area contributed by atoms with Gasteiger partial charge in [-0.3, -0.25) is 9.46 Å². The lowest BCUT2D eigenvalue weighted by atomic mass is 9.50. The van der Waals surface area contributed by atoms with E-state index in [9.17, 15) is 4.57 Å². The quantitative estimate of drug-likeness (QED) is 0.780. The van der Waals surface area contributed by atoms with Crippen molar-refractivity contribution in [3.63, 3.8) is 0 Å². The third-order valence-corrected chi connectivity index (χ3v) is 7.78. The zero-order valence-electron chi connectivity index (χ0n) is 13.9. The van der Waals surface area contributed by atoms with Crippen LogP contribution in [0.15, 0.2) is 12.1 Å². The zero-order valence-corrected chi connectivity index (χ0v) is 14.8. The van der Waals surface area contributed by atoms with E-state index in [0.29, 0.717) is 24.0 Å². The van der Waals surface area contributed by atoms with Gasteiger partial charge in [-0.2, -0.15) is 0 Å². The van der Waals surface area contributed by atoms with E-state index in [0.717, 1.165) is 24.0 Å². The van der Waals surface area contributed by atoms with Crippen molar-refractivity contribution < 1.29 is 9.30 Å². The molecule has 0 N–H and O–H groups in total. The van der Waals surface area contributed by atoms with Crippen LogP contribution in [-0.4, -0.2) is 30.1 Å². The maximum atomic E-state index is 11.6. The molecule has 2 unspecified atom stereocenters. The number of nitrogens with zero attached hydrogens (tertiary/aromatic N) is 1. The van der Waals surface area contributed by atoms with E-state index in [1.54, 1.807) is 0 Å². The molecule has 2 bridgehead atoms. The van der Waals surface area contributed by atoms with E-state index in [4.69, 9.17) is 4.74 Å². The van der Waals surface area contributed by atoms with Gasteiger partial charge in [-0.1, -0.05) is 19.9 Å². The number of rotatable bonds is 2. The molecule has 5 rings (SSSR count). The van der Waals surface area contributed by atoms with Crippen LogP contribution in [0.25, 0.3) is 0 Å². The Morgan fingerprint density at radius 2 is 2.26 bits per heavy atom. The Kier molecular flexibility index (Phi) is 3.01. The molecule has 1 saturated heterocycles. The summed E-state index contributed by atoms with van der Waals surface area (Å²) in [7, 11) is 0.0957. The van der Waals surface area contributed by atoms with Crippen molar-refractivity contribution in [2.45, 2.75) is 57.1 Å². The van der Waals surface area contributed by atoms with Crippen LogP contribution >= 0.6 is 8.46 Å². The second kappa shape index (κ2) is 4.80. The SMILES string of the molecule is CCN1CC[C@]23c4c5ccc(P=O)c4O[C@H]2C(C)CCC3[C@H]1C5. The topological polar surface area (TPSA) is 29.5 Å². The average molecular weight is 329 g/mol. The van der Waals surface area contributed by atoms with Gasteiger partial charge in [0, 0.05) is 17.0 Å². The van der Waals surface area contributed by atoms with Crippen LogP contribution in [0.3, 0.4) is 0 Å². The molecule has 0 amide bonds. The van der Waals surface area contributed by atoms with Gasteiger partial charge in [-0.05, 0) is 62.2 Å². The van der Waals surface area contributed by atoms with Gasteiger partial charge >= 0.3 is 0 Å². The first-order chi connectivity index (χ1) is 11.2. The van der Waals surface area contributed by atoms with Crippen LogP contribution in [-0.2, 0) is 16.4 Å². The lowest BCUT2D eigenvalue weighted by Gasteiger charge is -2.59. The van der Waals surface area contributed by atoms with Crippen LogP contribution in [0.4, 0.5) is 0 Å². The summed E-state index contributed by atoms with van der Waals surface area (Å²) in [5, 5.41) is 0.856. The second-order valence-corrected chi connectivity index (χ2v) is 8.59. The Labute approximate surface area is 139 Å². The molecule has 4 aliphatic rings. The van der Waals surface area contributed by atoms with Crippen molar-refractivity contribution in [3.8, 4) is 5.75 Å². The monoisotopic (exact) mass is 329 g/mol. The molecule has 3 nitrogen and oxygen atoms in total. The highest BCUT2D eigenvalue weighted by molar-refractivity contribution is 7.34. The van der Waals surface area contributed by atoms with E-state index in [2.05, 4.69) is 24.8 Å². The molecular formula is C19H24NO2P. The average Bonchev–Trinajstić information content (AvgIpc) is 2.91. The molecule has 1 aromatic carbocycles. The number of likely N-dealkylation sites (N-methyl/N-ethyl adjacent to an activating group) is 1. The van der Waals surface area contributed by atoms with Crippen molar-refractivity contribution in [2.75, 3.05) is 13.1 Å². The zero-order chi connectivity index (χ0) is 15.8. The minimum absolute atomic E-state index is 0.0957. The van der Waals surface area contributed by atoms with Crippen LogP contribution in [0.5, 0.6) is 5.75 Å². The highest BCUT2D eigenvalue weighted by Crippen LogP contribution is 2.63. The first-order valence-electron chi connectivity index (χ1n) is 9.11. The summed E-state index contributed by atoms with van der Waals surface area (Å²) in [6, 6.07) is 4.92. The highest BCUT2D eigenvalue weighted by Gasteiger charge is 2.64. The summed E-state index contributed by atoms with van der Waals surface area (Å²) < 4.78 is 18.2. The molecule has 1 spiro atoms. The Balaban J connectivity index is 1.78. The minimum atomic E-state index is 0.0957. The summed E-state index contributed by atoms with van der Waals surface area (Å²) in [5.41, 5.74) is 3.10. The number of likely N-dealkylation sites (tertiary alicyclic amines) is 1. The summed E-state index contributed by atoms with van der Waals surface area (Å²) in [4.78, 5) is 2.70. The van der Waals surface area contributed by atoms with Crippen LogP contribution < -0.4 is 10.0 Å². The Hall–Kier alpha value is -0.920. The third-order valence-electron chi connectivity index (χ3n) is 7.23. The molecule has 5 atom stereocenters. The maximum absolute atomic E-state index is 11.6. The van der Waals surface area contributed by atoms with Crippen molar-refractivity contribution >= 4 is 13.8 Å². The normalized spacial score (nSPS) is 40.8. The van der Waals surface area contributed by atoms with Gasteiger partial charge in [0.1, 0.15) is 11.9 Å². The summed E-state index contributed by atoms with van der Waals surface area (Å²) in [6.07, 6.45) is 5.22. The highest BCUT2D eigenvalue weighted by atomic mass is 31.1. The van der Waals surface area contributed by atoms with Gasteiger partial charge in [0.25, 0.3) is 0 Å². The predicted octanol–water partition coefficient (Wildman–Crippen LogP) is 3.30. The Bertz CT molecular complexity index is 690. The first kappa shape index (κ1) is 14.4. The molecular weight excluding hydrogens is 305 g/mol. The van der Waals surface area contributed by atoms with E-state index < -0.39 is 0 Å². The molecule has 0 radical (unpaired) electrons. The summed E-state index contributed by atoms with van der Waals surface area (Å²) >= 11 is 0. The lowest BCUT2D eigenvalue weighted by molar-refractivity contribution is -0.0705. The maximum Gasteiger partial charge on any atom is 0.196 e. The van der Waals surface area contributed by atoms with Crippen LogP contribution in [0, 0.1) is 11.8 Å². The molecule has 2 fully saturated rings. The van der Waals surface area contributed by atoms with Crippen molar-refractivity contribution in [2.24, 2.45) is 11.8 Å². The van der Waals surface area contributed by atoms with Gasteiger partial charge in [0.2, 0.25) is 0 Å². The molecule has 2 heterocycles. The number of hydrogen-bond donors (Lipinski definition) is 0. The standard InChI is InChI=1S/C19H24NO2P/c1-3-20-9-8-19-13-6-4-11(2)18(19)22-17-15(23-21)7-5-12(16(17)19)10-14(13)20/h5,7,11,13-14,18H,3-4,6,8-10H2,1-2H3/t11?,13?,14-,18+,19+/m1/s1. The van der Waals surface area contributed by atoms with E-state index in [1.165, 1.54) is 36.9 Å². The van der Waals surface area contributed by atoms with Gasteiger partial charge in [-0.25, -0.2) is 0 Å². The number of ether oxygens (including phenoxy) is 1. The van der Waals surface area contributed by atoms with E-state index >= 15 is 0 Å². The summed E-state index contributed by atoms with van der Waals surface area (Å²) in [5.74, 6) is 2.28. The fraction of sp³-hybridized carbons (Fsp3) is 0.684. The third kappa shape index (κ3) is 1.61. The van der Waals surface area contributed by atoms with Crippen molar-refractivity contribution in [1.82, 2.24) is 4.90 Å². The number of hydrogen-bond acceptors (Lipinski definition) is 3. The molecule has 2 aliphatic carbocycles. The lowest BCUT2D eigenvalue weighted by Crippen LogP contribution is -2.65. The van der Waals surface area contributed by atoms with Gasteiger partial charge in [0.05, 0.1) is 5.30 Å². The summed E-state index contributed by atoms with van der Waals surface area (Å²) in [6.45, 7) is 6.98. The van der Waals surface area contributed by atoms with Crippen LogP contribution in [0.1, 0.15) is 44.2 Å². The molecule has 1 saturated carbocycles. The Morgan fingerprint density at radius 3 is 3.04 bits per heavy atom. The molecule has 0 aromatic heterocycles. The van der Waals surface area contributed by atoms with Gasteiger partial charge in [-0.15, -0.1) is 0 Å². The fourth-order valence-electron chi connectivity index (χ4n) is 6.36. The van der Waals surface area contributed by atoms with Crippen molar-refractivity contribution in [1.29, 1.82) is 0 Å². The molecule has 4 heteroatoms. The predicted molar refractivity (Wildman–Crippen MR) is 91.0 cm³/mol. The largest absolute Gasteiger partial charge is 0.488 e. The Morgan fingerprint density at radius 1 is 1.39 bits per heavy atom. The molecule has 2 aliphatic heterocycles.